The molecule has 1 aliphatic rings. The smallest absolute Gasteiger partial charge is 0.316 e. The van der Waals surface area contributed by atoms with E-state index in [9.17, 15) is 14.4 Å². The molecule has 6 nitrogen and oxygen atoms in total. The van der Waals surface area contributed by atoms with Crippen molar-refractivity contribution >= 4 is 29.5 Å². The number of nitrogens with two attached hydrogens (primary N) is 1. The van der Waals surface area contributed by atoms with Crippen molar-refractivity contribution < 1.29 is 19.1 Å². The number of piperidine rings is 1. The first-order chi connectivity index (χ1) is 11.9. The van der Waals surface area contributed by atoms with E-state index in [1.165, 1.54) is 22.2 Å². The van der Waals surface area contributed by atoms with Gasteiger partial charge in [0.2, 0.25) is 5.91 Å². The van der Waals surface area contributed by atoms with Crippen LogP contribution in [0.3, 0.4) is 0 Å². The largest absolute Gasteiger partial charge is 0.455 e. The zero-order valence-electron chi connectivity index (χ0n) is 14.6. The van der Waals surface area contributed by atoms with Crippen molar-refractivity contribution in [3.8, 4) is 0 Å². The molecular weight excluding hydrogens is 340 g/mol. The maximum absolute atomic E-state index is 12.2. The van der Waals surface area contributed by atoms with E-state index in [1.807, 2.05) is 26.0 Å². The fourth-order valence-corrected chi connectivity index (χ4v) is 3.70. The lowest BCUT2D eigenvalue weighted by Crippen LogP contribution is -2.51. The molecule has 0 radical (unpaired) electrons. The standard InChI is InChI=1S/C18H24N2O4S/c1-12-6-7-15(13(2)9-12)25-11-17(22)24-10-16(21)20-8-4-3-5-14(20)18(19)23/h6-7,9,14H,3-5,8,10-11H2,1-2H3,(H2,19,23)/t14-/m1/s1. The number of rotatable bonds is 6. The third-order valence-electron chi connectivity index (χ3n) is 4.18. The lowest BCUT2D eigenvalue weighted by Gasteiger charge is -2.33. The Morgan fingerprint density at radius 3 is 2.72 bits per heavy atom. The van der Waals surface area contributed by atoms with Crippen molar-refractivity contribution in [3.05, 3.63) is 29.3 Å². The lowest BCUT2D eigenvalue weighted by molar-refractivity contribution is -0.153. The van der Waals surface area contributed by atoms with Crippen LogP contribution in [-0.4, -0.2) is 47.6 Å². The number of primary amides is 1. The van der Waals surface area contributed by atoms with Gasteiger partial charge in [-0.1, -0.05) is 17.7 Å². The number of benzene rings is 1. The van der Waals surface area contributed by atoms with Gasteiger partial charge < -0.3 is 15.4 Å². The fraction of sp³-hybridized carbons (Fsp3) is 0.500. The summed E-state index contributed by atoms with van der Waals surface area (Å²) in [7, 11) is 0. The number of carbonyl (C=O) groups is 3. The SMILES string of the molecule is Cc1ccc(SCC(=O)OCC(=O)N2CCCC[C@@H]2C(N)=O)c(C)c1. The van der Waals surface area contributed by atoms with E-state index >= 15 is 0 Å². The third-order valence-corrected chi connectivity index (χ3v) is 5.33. The average Bonchev–Trinajstić information content (AvgIpc) is 2.58. The summed E-state index contributed by atoms with van der Waals surface area (Å²) in [4.78, 5) is 38.0. The first kappa shape index (κ1) is 19.3. The van der Waals surface area contributed by atoms with Gasteiger partial charge in [0.1, 0.15) is 6.04 Å². The maximum Gasteiger partial charge on any atom is 0.316 e. The Morgan fingerprint density at radius 1 is 1.28 bits per heavy atom. The van der Waals surface area contributed by atoms with Crippen LogP contribution in [0.2, 0.25) is 0 Å². The zero-order valence-corrected chi connectivity index (χ0v) is 15.4. The second-order valence-electron chi connectivity index (χ2n) is 6.22. The van der Waals surface area contributed by atoms with Crippen LogP contribution in [0.25, 0.3) is 0 Å². The molecule has 1 aliphatic heterocycles. The van der Waals surface area contributed by atoms with Crippen molar-refractivity contribution in [2.75, 3.05) is 18.9 Å². The molecule has 7 heteroatoms. The van der Waals surface area contributed by atoms with E-state index < -0.39 is 17.9 Å². The molecule has 1 aromatic rings. The van der Waals surface area contributed by atoms with Crippen LogP contribution in [0.15, 0.2) is 23.1 Å². The molecule has 0 unspecified atom stereocenters. The normalized spacial score (nSPS) is 17.2. The third kappa shape index (κ3) is 5.49. The second kappa shape index (κ2) is 8.89. The highest BCUT2D eigenvalue weighted by atomic mass is 32.2. The highest BCUT2D eigenvalue weighted by Crippen LogP contribution is 2.23. The molecule has 2 rings (SSSR count). The highest BCUT2D eigenvalue weighted by Gasteiger charge is 2.30. The first-order valence-corrected chi connectivity index (χ1v) is 9.31. The van der Waals surface area contributed by atoms with Crippen LogP contribution in [0.4, 0.5) is 0 Å². The number of carbonyl (C=O) groups excluding carboxylic acids is 3. The van der Waals surface area contributed by atoms with E-state index in [0.717, 1.165) is 23.3 Å². The minimum absolute atomic E-state index is 0.135. The molecule has 0 aliphatic carbocycles. The molecule has 2 amide bonds. The van der Waals surface area contributed by atoms with E-state index in [-0.39, 0.29) is 18.3 Å². The Bertz CT molecular complexity index is 662. The predicted octanol–water partition coefficient (Wildman–Crippen LogP) is 1.81. The summed E-state index contributed by atoms with van der Waals surface area (Å²) in [6.45, 7) is 4.13. The minimum atomic E-state index is -0.593. The summed E-state index contributed by atoms with van der Waals surface area (Å²) in [6, 6.07) is 5.42. The molecule has 1 fully saturated rings. The Labute approximate surface area is 152 Å². The van der Waals surface area contributed by atoms with Crippen LogP contribution >= 0.6 is 11.8 Å². The summed E-state index contributed by atoms with van der Waals surface area (Å²) in [5.41, 5.74) is 7.61. The summed E-state index contributed by atoms with van der Waals surface area (Å²) < 4.78 is 5.07. The Balaban J connectivity index is 1.80. The summed E-state index contributed by atoms with van der Waals surface area (Å²) in [5.74, 6) is -1.19. The van der Waals surface area contributed by atoms with Crippen LogP contribution in [0.5, 0.6) is 0 Å². The molecule has 1 aromatic carbocycles. The van der Waals surface area contributed by atoms with Gasteiger partial charge in [0.15, 0.2) is 6.61 Å². The van der Waals surface area contributed by atoms with Gasteiger partial charge in [-0.25, -0.2) is 0 Å². The predicted molar refractivity (Wildman–Crippen MR) is 96.1 cm³/mol. The number of ether oxygens (including phenoxy) is 1. The topological polar surface area (TPSA) is 89.7 Å². The van der Waals surface area contributed by atoms with Gasteiger partial charge in [0.25, 0.3) is 5.91 Å². The van der Waals surface area contributed by atoms with E-state index in [4.69, 9.17) is 10.5 Å². The van der Waals surface area contributed by atoms with E-state index in [2.05, 4.69) is 6.07 Å². The number of thioether (sulfide) groups is 1. The monoisotopic (exact) mass is 364 g/mol. The highest BCUT2D eigenvalue weighted by molar-refractivity contribution is 8.00. The average molecular weight is 364 g/mol. The number of nitrogens with zero attached hydrogens (tertiary/aromatic N) is 1. The molecular formula is C18H24N2O4S. The molecule has 0 aromatic heterocycles. The van der Waals surface area contributed by atoms with Crippen LogP contribution < -0.4 is 5.73 Å². The Morgan fingerprint density at radius 2 is 2.04 bits per heavy atom. The molecule has 25 heavy (non-hydrogen) atoms. The van der Waals surface area contributed by atoms with E-state index in [1.54, 1.807) is 0 Å². The molecule has 1 saturated heterocycles. The quantitative estimate of drug-likeness (QED) is 0.614. The summed E-state index contributed by atoms with van der Waals surface area (Å²) in [5, 5.41) is 0. The Hall–Kier alpha value is -2.02. The number of amides is 2. The van der Waals surface area contributed by atoms with Gasteiger partial charge in [0.05, 0.1) is 5.75 Å². The number of hydrogen-bond donors (Lipinski definition) is 1. The van der Waals surface area contributed by atoms with Crippen molar-refractivity contribution in [3.63, 3.8) is 0 Å². The fourth-order valence-electron chi connectivity index (χ4n) is 2.89. The van der Waals surface area contributed by atoms with Gasteiger partial charge in [0, 0.05) is 11.4 Å². The number of hydrogen-bond acceptors (Lipinski definition) is 5. The van der Waals surface area contributed by atoms with E-state index in [0.29, 0.717) is 13.0 Å². The van der Waals surface area contributed by atoms with Crippen molar-refractivity contribution in [2.24, 2.45) is 5.73 Å². The van der Waals surface area contributed by atoms with Gasteiger partial charge >= 0.3 is 5.97 Å². The summed E-state index contributed by atoms with van der Waals surface area (Å²) in [6.07, 6.45) is 2.26. The molecule has 0 saturated carbocycles. The maximum atomic E-state index is 12.2. The van der Waals surface area contributed by atoms with Crippen LogP contribution in [-0.2, 0) is 19.1 Å². The molecule has 1 atom stereocenters. The number of esters is 1. The number of aryl methyl sites for hydroxylation is 2. The lowest BCUT2D eigenvalue weighted by atomic mass is 10.0. The van der Waals surface area contributed by atoms with Crippen molar-refractivity contribution in [1.82, 2.24) is 4.90 Å². The molecule has 136 valence electrons. The molecule has 2 N–H and O–H groups in total. The molecule has 0 bridgehead atoms. The summed E-state index contributed by atoms with van der Waals surface area (Å²) >= 11 is 1.38. The van der Waals surface area contributed by atoms with Gasteiger partial charge in [-0.15, -0.1) is 11.8 Å². The first-order valence-electron chi connectivity index (χ1n) is 8.33. The molecule has 0 spiro atoms. The van der Waals surface area contributed by atoms with Crippen LogP contribution in [0.1, 0.15) is 30.4 Å². The number of likely N-dealkylation sites (tertiary alicyclic amines) is 1. The second-order valence-corrected chi connectivity index (χ2v) is 7.24. The van der Waals surface area contributed by atoms with Gasteiger partial charge in [-0.2, -0.15) is 0 Å². The molecule has 1 heterocycles. The van der Waals surface area contributed by atoms with Crippen LogP contribution in [0, 0.1) is 13.8 Å². The van der Waals surface area contributed by atoms with Crippen molar-refractivity contribution in [1.29, 1.82) is 0 Å². The Kier molecular flexibility index (Phi) is 6.87. The van der Waals surface area contributed by atoms with Gasteiger partial charge in [-0.05, 0) is 44.7 Å². The zero-order chi connectivity index (χ0) is 18.4. The van der Waals surface area contributed by atoms with Crippen molar-refractivity contribution in [2.45, 2.75) is 44.0 Å². The minimum Gasteiger partial charge on any atom is -0.455 e. The van der Waals surface area contributed by atoms with Gasteiger partial charge in [-0.3, -0.25) is 14.4 Å².